The number of nitrogens with one attached hydrogen (secondary N) is 1. The summed E-state index contributed by atoms with van der Waals surface area (Å²) in [6, 6.07) is 0.300. The summed E-state index contributed by atoms with van der Waals surface area (Å²) in [4.78, 5) is 11.9. The molecule has 0 aromatic carbocycles. The first-order valence-electron chi connectivity index (χ1n) is 6.10. The molecule has 0 bridgehead atoms. The molecule has 1 aliphatic rings. The van der Waals surface area contributed by atoms with E-state index in [1.54, 1.807) is 17.1 Å². The largest absolute Gasteiger partial charge is 0.352 e. The van der Waals surface area contributed by atoms with E-state index in [1.165, 1.54) is 19.3 Å². The summed E-state index contributed by atoms with van der Waals surface area (Å²) >= 11 is 6.12. The Balaban J connectivity index is 1.90. The van der Waals surface area contributed by atoms with Crippen LogP contribution in [0.25, 0.3) is 0 Å². The van der Waals surface area contributed by atoms with Gasteiger partial charge in [-0.05, 0) is 12.8 Å². The first-order chi connectivity index (χ1) is 8.16. The fourth-order valence-electron chi connectivity index (χ4n) is 2.24. The van der Waals surface area contributed by atoms with Gasteiger partial charge in [0.05, 0.1) is 6.20 Å². The first kappa shape index (κ1) is 12.4. The zero-order valence-electron chi connectivity index (χ0n) is 10.0. The number of carbonyl (C=O) groups is 1. The lowest BCUT2D eigenvalue weighted by Gasteiger charge is -2.23. The quantitative estimate of drug-likeness (QED) is 0.842. The number of aromatic nitrogens is 2. The molecule has 17 heavy (non-hydrogen) atoms. The lowest BCUT2D eigenvalue weighted by Crippen LogP contribution is -2.37. The smallest absolute Gasteiger partial charge is 0.242 e. The van der Waals surface area contributed by atoms with Crippen LogP contribution in [-0.2, 0) is 11.8 Å². The molecule has 1 fully saturated rings. The van der Waals surface area contributed by atoms with Crippen LogP contribution in [0.1, 0.15) is 43.0 Å². The number of alkyl halides is 1. The Morgan fingerprint density at radius 2 is 2.24 bits per heavy atom. The van der Waals surface area contributed by atoms with Gasteiger partial charge in [0.2, 0.25) is 5.91 Å². The van der Waals surface area contributed by atoms with Crippen molar-refractivity contribution in [3.63, 3.8) is 0 Å². The van der Waals surface area contributed by atoms with Gasteiger partial charge in [-0.2, -0.15) is 5.10 Å². The molecule has 4 nitrogen and oxygen atoms in total. The van der Waals surface area contributed by atoms with E-state index in [9.17, 15) is 4.79 Å². The SMILES string of the molecule is Cn1cc(C(Cl)C(=O)NC2CCCCC2)cn1. The van der Waals surface area contributed by atoms with E-state index in [1.807, 2.05) is 7.05 Å². The normalized spacial score (nSPS) is 18.9. The second-order valence-corrected chi connectivity index (χ2v) is 5.09. The number of nitrogens with zero attached hydrogens (tertiary/aromatic N) is 2. The minimum Gasteiger partial charge on any atom is -0.352 e. The molecule has 1 aromatic rings. The van der Waals surface area contributed by atoms with Crippen molar-refractivity contribution in [2.45, 2.75) is 43.5 Å². The van der Waals surface area contributed by atoms with Gasteiger partial charge in [-0.25, -0.2) is 0 Å². The van der Waals surface area contributed by atoms with Crippen molar-refractivity contribution >= 4 is 17.5 Å². The van der Waals surface area contributed by atoms with Crippen LogP contribution in [0.2, 0.25) is 0 Å². The fourth-order valence-corrected chi connectivity index (χ4v) is 2.42. The van der Waals surface area contributed by atoms with Crippen molar-refractivity contribution in [3.8, 4) is 0 Å². The molecule has 2 rings (SSSR count). The Kier molecular flexibility index (Phi) is 4.05. The third kappa shape index (κ3) is 3.22. The van der Waals surface area contributed by atoms with Crippen LogP contribution in [0.15, 0.2) is 12.4 Å². The number of amides is 1. The highest BCUT2D eigenvalue weighted by Crippen LogP contribution is 2.22. The van der Waals surface area contributed by atoms with Crippen molar-refractivity contribution in [2.75, 3.05) is 0 Å². The van der Waals surface area contributed by atoms with Crippen molar-refractivity contribution in [1.29, 1.82) is 0 Å². The number of halogens is 1. The van der Waals surface area contributed by atoms with Crippen molar-refractivity contribution in [1.82, 2.24) is 15.1 Å². The average molecular weight is 256 g/mol. The van der Waals surface area contributed by atoms with Gasteiger partial charge in [-0.15, -0.1) is 11.6 Å². The number of hydrogen-bond acceptors (Lipinski definition) is 2. The molecule has 94 valence electrons. The fraction of sp³-hybridized carbons (Fsp3) is 0.667. The molecule has 0 radical (unpaired) electrons. The monoisotopic (exact) mass is 255 g/mol. The molecule has 1 N–H and O–H groups in total. The number of hydrogen-bond donors (Lipinski definition) is 1. The minimum atomic E-state index is -0.634. The van der Waals surface area contributed by atoms with E-state index in [0.717, 1.165) is 18.4 Å². The van der Waals surface area contributed by atoms with Gasteiger partial charge < -0.3 is 5.32 Å². The lowest BCUT2D eigenvalue weighted by molar-refractivity contribution is -0.121. The molecular formula is C12H18ClN3O. The highest BCUT2D eigenvalue weighted by Gasteiger charge is 2.22. The van der Waals surface area contributed by atoms with E-state index >= 15 is 0 Å². The van der Waals surface area contributed by atoms with Crippen LogP contribution in [-0.4, -0.2) is 21.7 Å². The third-order valence-electron chi connectivity index (χ3n) is 3.20. The Bertz CT molecular complexity index is 385. The van der Waals surface area contributed by atoms with Gasteiger partial charge in [0.25, 0.3) is 0 Å². The zero-order valence-corrected chi connectivity index (χ0v) is 10.8. The predicted molar refractivity (Wildman–Crippen MR) is 66.8 cm³/mol. The van der Waals surface area contributed by atoms with E-state index in [2.05, 4.69) is 10.4 Å². The van der Waals surface area contributed by atoms with E-state index in [-0.39, 0.29) is 5.91 Å². The molecule has 1 aromatic heterocycles. The summed E-state index contributed by atoms with van der Waals surface area (Å²) in [6.45, 7) is 0. The van der Waals surface area contributed by atoms with Gasteiger partial charge in [0, 0.05) is 24.8 Å². The van der Waals surface area contributed by atoms with Gasteiger partial charge in [-0.3, -0.25) is 9.48 Å². The maximum Gasteiger partial charge on any atom is 0.242 e. The van der Waals surface area contributed by atoms with Crippen LogP contribution in [0.5, 0.6) is 0 Å². The standard InChI is InChI=1S/C12H18ClN3O/c1-16-8-9(7-14-16)11(13)12(17)15-10-5-3-2-4-6-10/h7-8,10-11H,2-6H2,1H3,(H,15,17). The second kappa shape index (κ2) is 5.54. The first-order valence-corrected chi connectivity index (χ1v) is 6.53. The summed E-state index contributed by atoms with van der Waals surface area (Å²) in [5.41, 5.74) is 0.752. The zero-order chi connectivity index (χ0) is 12.3. The molecule has 0 spiro atoms. The summed E-state index contributed by atoms with van der Waals surface area (Å²) in [5.74, 6) is -0.105. The topological polar surface area (TPSA) is 46.9 Å². The third-order valence-corrected chi connectivity index (χ3v) is 3.65. The van der Waals surface area contributed by atoms with Crippen molar-refractivity contribution in [2.24, 2.45) is 7.05 Å². The number of carbonyl (C=O) groups excluding carboxylic acids is 1. The van der Waals surface area contributed by atoms with Gasteiger partial charge in [0.15, 0.2) is 0 Å². The van der Waals surface area contributed by atoms with Crippen LogP contribution in [0.3, 0.4) is 0 Å². The Labute approximate surface area is 106 Å². The molecule has 1 unspecified atom stereocenters. The molecule has 0 aliphatic heterocycles. The van der Waals surface area contributed by atoms with E-state index in [0.29, 0.717) is 6.04 Å². The minimum absolute atomic E-state index is 0.105. The molecule has 1 saturated carbocycles. The predicted octanol–water partition coefficient (Wildman–Crippen LogP) is 2.15. The summed E-state index contributed by atoms with van der Waals surface area (Å²) in [5, 5.41) is 6.40. The molecule has 0 saturated heterocycles. The summed E-state index contributed by atoms with van der Waals surface area (Å²) < 4.78 is 1.65. The van der Waals surface area contributed by atoms with E-state index < -0.39 is 5.38 Å². The van der Waals surface area contributed by atoms with Crippen LogP contribution in [0.4, 0.5) is 0 Å². The lowest BCUT2D eigenvalue weighted by atomic mass is 9.95. The van der Waals surface area contributed by atoms with Crippen LogP contribution in [0, 0.1) is 0 Å². The Morgan fingerprint density at radius 1 is 1.53 bits per heavy atom. The van der Waals surface area contributed by atoms with Gasteiger partial charge in [-0.1, -0.05) is 19.3 Å². The number of rotatable bonds is 3. The summed E-state index contributed by atoms with van der Waals surface area (Å²) in [7, 11) is 1.81. The average Bonchev–Trinajstić information content (AvgIpc) is 2.76. The molecule has 1 atom stereocenters. The Morgan fingerprint density at radius 3 is 2.82 bits per heavy atom. The molecule has 1 aliphatic carbocycles. The van der Waals surface area contributed by atoms with Crippen molar-refractivity contribution in [3.05, 3.63) is 18.0 Å². The maximum atomic E-state index is 11.9. The van der Waals surface area contributed by atoms with Crippen LogP contribution >= 0.6 is 11.6 Å². The molecule has 1 amide bonds. The van der Waals surface area contributed by atoms with Gasteiger partial charge in [0.1, 0.15) is 5.38 Å². The van der Waals surface area contributed by atoms with Crippen molar-refractivity contribution < 1.29 is 4.79 Å². The molecular weight excluding hydrogens is 238 g/mol. The number of aryl methyl sites for hydroxylation is 1. The highest BCUT2D eigenvalue weighted by atomic mass is 35.5. The Hall–Kier alpha value is -1.03. The molecule has 1 heterocycles. The summed E-state index contributed by atoms with van der Waals surface area (Å²) in [6.07, 6.45) is 9.23. The van der Waals surface area contributed by atoms with Gasteiger partial charge >= 0.3 is 0 Å². The maximum absolute atomic E-state index is 11.9. The second-order valence-electron chi connectivity index (χ2n) is 4.65. The van der Waals surface area contributed by atoms with Crippen LogP contribution < -0.4 is 5.32 Å². The molecule has 5 heteroatoms. The highest BCUT2D eigenvalue weighted by molar-refractivity contribution is 6.30. The van der Waals surface area contributed by atoms with E-state index in [4.69, 9.17) is 11.6 Å².